The highest BCUT2D eigenvalue weighted by Crippen LogP contribution is 2.29. The third-order valence-electron chi connectivity index (χ3n) is 2.15. The van der Waals surface area contributed by atoms with E-state index >= 15 is 0 Å². The Hall–Kier alpha value is -0.180. The van der Waals surface area contributed by atoms with E-state index in [4.69, 9.17) is 17.3 Å². The molecule has 0 saturated heterocycles. The Morgan fingerprint density at radius 1 is 1.36 bits per heavy atom. The summed E-state index contributed by atoms with van der Waals surface area (Å²) in [4.78, 5) is 1.25. The van der Waals surface area contributed by atoms with Crippen molar-refractivity contribution in [2.45, 2.75) is 35.9 Å². The maximum Gasteiger partial charge on any atom is 0.0427 e. The third-order valence-corrected chi connectivity index (χ3v) is 4.11. The van der Waals surface area contributed by atoms with Crippen LogP contribution in [0.1, 0.15) is 19.4 Å². The first kappa shape index (κ1) is 11.9. The number of nitrogens with two attached hydrogens (primary N) is 1. The van der Waals surface area contributed by atoms with Crippen molar-refractivity contribution in [3.63, 3.8) is 0 Å². The van der Waals surface area contributed by atoms with E-state index in [1.165, 1.54) is 10.5 Å². The lowest BCUT2D eigenvalue weighted by Crippen LogP contribution is -2.09. The van der Waals surface area contributed by atoms with E-state index in [2.05, 4.69) is 19.1 Å². The van der Waals surface area contributed by atoms with Crippen LogP contribution in [0.5, 0.6) is 0 Å². The molecule has 1 rings (SSSR count). The van der Waals surface area contributed by atoms with E-state index in [0.29, 0.717) is 11.8 Å². The van der Waals surface area contributed by atoms with E-state index in [0.717, 1.165) is 0 Å². The fourth-order valence-corrected chi connectivity index (χ4v) is 2.28. The standard InChI is InChI=1S/C11H16ClNS/c1-8(12)9(2)14-11-6-4-3-5-10(11)7-13/h3-6,8-9H,7,13H2,1-2H3/t8?,9-/m0/s1. The predicted octanol–water partition coefficient (Wildman–Crippen LogP) is 3.25. The first-order valence-electron chi connectivity index (χ1n) is 4.74. The second-order valence-corrected chi connectivity index (χ2v) is 5.42. The van der Waals surface area contributed by atoms with Crippen molar-refractivity contribution in [3.05, 3.63) is 29.8 Å². The van der Waals surface area contributed by atoms with E-state index in [-0.39, 0.29) is 5.38 Å². The quantitative estimate of drug-likeness (QED) is 0.634. The molecule has 0 fully saturated rings. The Kier molecular flexibility index (Phi) is 4.79. The van der Waals surface area contributed by atoms with Crippen molar-refractivity contribution in [2.24, 2.45) is 5.73 Å². The first-order valence-corrected chi connectivity index (χ1v) is 6.05. The molecule has 2 atom stereocenters. The van der Waals surface area contributed by atoms with Crippen LogP contribution in [0, 0.1) is 0 Å². The average Bonchev–Trinajstić information content (AvgIpc) is 2.18. The molecule has 14 heavy (non-hydrogen) atoms. The minimum atomic E-state index is 0.172. The van der Waals surface area contributed by atoms with Crippen LogP contribution in [0.4, 0.5) is 0 Å². The van der Waals surface area contributed by atoms with Crippen molar-refractivity contribution >= 4 is 23.4 Å². The van der Waals surface area contributed by atoms with Crippen molar-refractivity contribution in [1.29, 1.82) is 0 Å². The van der Waals surface area contributed by atoms with Crippen molar-refractivity contribution in [1.82, 2.24) is 0 Å². The molecule has 2 N–H and O–H groups in total. The Bertz CT molecular complexity index is 288. The molecule has 1 aromatic rings. The highest BCUT2D eigenvalue weighted by Gasteiger charge is 2.11. The Morgan fingerprint density at radius 2 is 2.00 bits per heavy atom. The van der Waals surface area contributed by atoms with Crippen LogP contribution in [0.2, 0.25) is 0 Å². The molecule has 0 heterocycles. The molecule has 0 spiro atoms. The van der Waals surface area contributed by atoms with Gasteiger partial charge in [0.25, 0.3) is 0 Å². The van der Waals surface area contributed by atoms with Gasteiger partial charge in [-0.3, -0.25) is 0 Å². The molecule has 0 aliphatic rings. The van der Waals surface area contributed by atoms with E-state index in [1.54, 1.807) is 11.8 Å². The lowest BCUT2D eigenvalue weighted by Gasteiger charge is -2.15. The van der Waals surface area contributed by atoms with Crippen LogP contribution < -0.4 is 5.73 Å². The van der Waals surface area contributed by atoms with Gasteiger partial charge in [0, 0.05) is 22.1 Å². The van der Waals surface area contributed by atoms with Crippen LogP contribution in [0.25, 0.3) is 0 Å². The zero-order chi connectivity index (χ0) is 10.6. The summed E-state index contributed by atoms with van der Waals surface area (Å²) in [5.74, 6) is 0. The van der Waals surface area contributed by atoms with E-state index in [1.807, 2.05) is 19.1 Å². The SMILES string of the molecule is CC(Cl)[C@H](C)Sc1ccccc1CN. The van der Waals surface area contributed by atoms with Gasteiger partial charge in [0.05, 0.1) is 0 Å². The second kappa shape index (κ2) is 5.64. The summed E-state index contributed by atoms with van der Waals surface area (Å²) in [6.45, 7) is 4.74. The van der Waals surface area contributed by atoms with Gasteiger partial charge in [0.15, 0.2) is 0 Å². The second-order valence-electron chi connectivity index (χ2n) is 3.31. The molecule has 0 radical (unpaired) electrons. The molecule has 78 valence electrons. The van der Waals surface area contributed by atoms with E-state index < -0.39 is 0 Å². The van der Waals surface area contributed by atoms with Gasteiger partial charge in [-0.2, -0.15) is 0 Å². The average molecular weight is 230 g/mol. The van der Waals surface area contributed by atoms with Gasteiger partial charge >= 0.3 is 0 Å². The van der Waals surface area contributed by atoms with Crippen LogP contribution in [-0.4, -0.2) is 10.6 Å². The van der Waals surface area contributed by atoms with Gasteiger partial charge in [0.2, 0.25) is 0 Å². The molecule has 0 aromatic heterocycles. The molecule has 0 saturated carbocycles. The summed E-state index contributed by atoms with van der Waals surface area (Å²) in [5, 5.41) is 0.579. The summed E-state index contributed by atoms with van der Waals surface area (Å²) in [5.41, 5.74) is 6.85. The topological polar surface area (TPSA) is 26.0 Å². The number of rotatable bonds is 4. The number of hydrogen-bond donors (Lipinski definition) is 1. The normalized spacial score (nSPS) is 15.1. The molecule has 0 aliphatic carbocycles. The number of alkyl halides is 1. The lowest BCUT2D eigenvalue weighted by atomic mass is 10.2. The minimum absolute atomic E-state index is 0.172. The smallest absolute Gasteiger partial charge is 0.0427 e. The van der Waals surface area contributed by atoms with Gasteiger partial charge in [-0.1, -0.05) is 25.1 Å². The predicted molar refractivity (Wildman–Crippen MR) is 65.0 cm³/mol. The minimum Gasteiger partial charge on any atom is -0.326 e. The molecule has 0 amide bonds. The molecule has 0 aliphatic heterocycles. The van der Waals surface area contributed by atoms with E-state index in [9.17, 15) is 0 Å². The van der Waals surface area contributed by atoms with Gasteiger partial charge in [-0.05, 0) is 18.6 Å². The monoisotopic (exact) mass is 229 g/mol. The van der Waals surface area contributed by atoms with Crippen LogP contribution >= 0.6 is 23.4 Å². The molecule has 0 bridgehead atoms. The Balaban J connectivity index is 2.75. The largest absolute Gasteiger partial charge is 0.326 e. The van der Waals surface area contributed by atoms with Gasteiger partial charge in [0.1, 0.15) is 0 Å². The number of halogens is 1. The van der Waals surface area contributed by atoms with Crippen LogP contribution in [-0.2, 0) is 6.54 Å². The number of hydrogen-bond acceptors (Lipinski definition) is 2. The first-order chi connectivity index (χ1) is 6.65. The number of benzene rings is 1. The summed E-state index contributed by atoms with van der Waals surface area (Å²) in [6, 6.07) is 8.21. The molecule has 1 nitrogen and oxygen atoms in total. The summed E-state index contributed by atoms with van der Waals surface area (Å²) in [6.07, 6.45) is 0. The highest BCUT2D eigenvalue weighted by atomic mass is 35.5. The fourth-order valence-electron chi connectivity index (χ4n) is 1.08. The van der Waals surface area contributed by atoms with Gasteiger partial charge < -0.3 is 5.73 Å². The molecule has 3 heteroatoms. The molecule has 1 aromatic carbocycles. The van der Waals surface area contributed by atoms with Crippen molar-refractivity contribution in [2.75, 3.05) is 0 Å². The zero-order valence-corrected chi connectivity index (χ0v) is 10.1. The summed E-state index contributed by atoms with van der Waals surface area (Å²) < 4.78 is 0. The Morgan fingerprint density at radius 3 is 2.57 bits per heavy atom. The summed E-state index contributed by atoms with van der Waals surface area (Å²) >= 11 is 7.81. The number of thioether (sulfide) groups is 1. The molecular weight excluding hydrogens is 214 g/mol. The van der Waals surface area contributed by atoms with Gasteiger partial charge in [-0.15, -0.1) is 23.4 Å². The van der Waals surface area contributed by atoms with Crippen molar-refractivity contribution < 1.29 is 0 Å². The molecule has 1 unspecified atom stereocenters. The van der Waals surface area contributed by atoms with Gasteiger partial charge in [-0.25, -0.2) is 0 Å². The zero-order valence-electron chi connectivity index (χ0n) is 8.53. The maximum absolute atomic E-state index is 6.02. The van der Waals surface area contributed by atoms with Crippen LogP contribution in [0.15, 0.2) is 29.2 Å². The highest BCUT2D eigenvalue weighted by molar-refractivity contribution is 8.00. The maximum atomic E-state index is 6.02. The lowest BCUT2D eigenvalue weighted by molar-refractivity contribution is 0.911. The third kappa shape index (κ3) is 3.19. The Labute approximate surface area is 95.0 Å². The fraction of sp³-hybridized carbons (Fsp3) is 0.455. The van der Waals surface area contributed by atoms with Crippen molar-refractivity contribution in [3.8, 4) is 0 Å². The molecular formula is C11H16ClNS. The van der Waals surface area contributed by atoms with Crippen LogP contribution in [0.3, 0.4) is 0 Å². The summed E-state index contributed by atoms with van der Waals surface area (Å²) in [7, 11) is 0.